The summed E-state index contributed by atoms with van der Waals surface area (Å²) in [4.78, 5) is 0. The molecule has 0 spiro atoms. The van der Waals surface area contributed by atoms with E-state index in [1.54, 1.807) is 12.7 Å². The molecule has 1 aliphatic rings. The Morgan fingerprint density at radius 3 is 2.36 bits per heavy atom. The number of allylic oxidation sites excluding steroid dienone is 2. The highest BCUT2D eigenvalue weighted by atomic mass is 16.5. The fourth-order valence-electron chi connectivity index (χ4n) is 4.35. The van der Waals surface area contributed by atoms with E-state index in [4.69, 9.17) is 4.74 Å². The first-order chi connectivity index (χ1) is 12.3. The zero-order chi connectivity index (χ0) is 17.9. The maximum Gasteiger partial charge on any atom is 0.118 e. The molecule has 1 heteroatoms. The van der Waals surface area contributed by atoms with Gasteiger partial charge in [0.15, 0.2) is 0 Å². The molecule has 0 aromatic heterocycles. The van der Waals surface area contributed by atoms with Gasteiger partial charge in [-0.05, 0) is 68.1 Å². The van der Waals surface area contributed by atoms with E-state index >= 15 is 0 Å². The van der Waals surface area contributed by atoms with Crippen LogP contribution >= 0.6 is 0 Å². The van der Waals surface area contributed by atoms with Crippen LogP contribution in [-0.4, -0.2) is 7.11 Å². The van der Waals surface area contributed by atoms with Crippen LogP contribution in [0.15, 0.2) is 35.9 Å². The highest BCUT2D eigenvalue weighted by Gasteiger charge is 2.24. The number of hydrogen-bond donors (Lipinski definition) is 0. The lowest BCUT2D eigenvalue weighted by molar-refractivity contribution is 0.346. The summed E-state index contributed by atoms with van der Waals surface area (Å²) < 4.78 is 5.37. The van der Waals surface area contributed by atoms with Gasteiger partial charge in [0, 0.05) is 0 Å². The molecule has 0 N–H and O–H groups in total. The van der Waals surface area contributed by atoms with Gasteiger partial charge in [-0.1, -0.05) is 69.7 Å². The minimum atomic E-state index is 0.673. The van der Waals surface area contributed by atoms with E-state index in [-0.39, 0.29) is 0 Å². The Morgan fingerprint density at radius 1 is 0.960 bits per heavy atom. The van der Waals surface area contributed by atoms with E-state index in [1.165, 1.54) is 76.2 Å². The van der Waals surface area contributed by atoms with Crippen molar-refractivity contribution < 1.29 is 4.74 Å². The molecule has 0 bridgehead atoms. The zero-order valence-electron chi connectivity index (χ0n) is 16.7. The fraction of sp³-hybridized carbons (Fsp3) is 0.667. The van der Waals surface area contributed by atoms with Gasteiger partial charge in [0.25, 0.3) is 0 Å². The molecule has 0 saturated heterocycles. The van der Waals surface area contributed by atoms with Crippen LogP contribution in [0, 0.1) is 5.92 Å². The van der Waals surface area contributed by atoms with Crippen LogP contribution in [0.2, 0.25) is 0 Å². The zero-order valence-corrected chi connectivity index (χ0v) is 16.7. The third kappa shape index (κ3) is 6.53. The Bertz CT molecular complexity index is 499. The second kappa shape index (κ2) is 11.4. The summed E-state index contributed by atoms with van der Waals surface area (Å²) >= 11 is 0. The average molecular weight is 343 g/mol. The van der Waals surface area contributed by atoms with Crippen molar-refractivity contribution in [3.63, 3.8) is 0 Å². The second-order valence-electron chi connectivity index (χ2n) is 7.74. The molecular formula is C24H38O. The molecule has 25 heavy (non-hydrogen) atoms. The molecule has 0 radical (unpaired) electrons. The molecule has 1 aromatic rings. The normalized spacial score (nSPS) is 17.0. The molecule has 0 aliphatic heterocycles. The number of methoxy groups -OCH3 is 1. The van der Waals surface area contributed by atoms with Gasteiger partial charge < -0.3 is 4.74 Å². The molecule has 0 saturated carbocycles. The van der Waals surface area contributed by atoms with Crippen molar-refractivity contribution in [2.24, 2.45) is 5.92 Å². The van der Waals surface area contributed by atoms with Gasteiger partial charge in [-0.15, -0.1) is 0 Å². The number of hydrogen-bond acceptors (Lipinski definition) is 1. The largest absolute Gasteiger partial charge is 0.497 e. The average Bonchev–Trinajstić information content (AvgIpc) is 2.67. The quantitative estimate of drug-likeness (QED) is 0.296. The van der Waals surface area contributed by atoms with Gasteiger partial charge in [0.05, 0.1) is 7.11 Å². The topological polar surface area (TPSA) is 9.23 Å². The van der Waals surface area contributed by atoms with Crippen molar-refractivity contribution in [1.29, 1.82) is 0 Å². The van der Waals surface area contributed by atoms with E-state index in [2.05, 4.69) is 44.2 Å². The minimum Gasteiger partial charge on any atom is -0.497 e. The molecule has 1 aliphatic carbocycles. The third-order valence-electron chi connectivity index (χ3n) is 5.82. The Morgan fingerprint density at radius 2 is 1.76 bits per heavy atom. The van der Waals surface area contributed by atoms with Crippen molar-refractivity contribution >= 4 is 0 Å². The molecule has 1 aromatic carbocycles. The third-order valence-corrected chi connectivity index (χ3v) is 5.82. The molecule has 0 amide bonds. The van der Waals surface area contributed by atoms with Crippen LogP contribution in [0.5, 0.6) is 5.75 Å². The number of ether oxygens (including phenoxy) is 1. The van der Waals surface area contributed by atoms with E-state index in [0.717, 1.165) is 11.7 Å². The molecule has 2 atom stereocenters. The predicted molar refractivity (Wildman–Crippen MR) is 109 cm³/mol. The summed E-state index contributed by atoms with van der Waals surface area (Å²) in [6.07, 6.45) is 17.3. The molecule has 1 nitrogen and oxygen atoms in total. The van der Waals surface area contributed by atoms with Gasteiger partial charge >= 0.3 is 0 Å². The van der Waals surface area contributed by atoms with Crippen LogP contribution < -0.4 is 4.74 Å². The van der Waals surface area contributed by atoms with Crippen molar-refractivity contribution in [2.45, 2.75) is 90.4 Å². The highest BCUT2D eigenvalue weighted by molar-refractivity contribution is 5.31. The van der Waals surface area contributed by atoms with Crippen LogP contribution in [0.3, 0.4) is 0 Å². The highest BCUT2D eigenvalue weighted by Crippen LogP contribution is 2.39. The molecule has 2 rings (SSSR count). The summed E-state index contributed by atoms with van der Waals surface area (Å²) in [5, 5.41) is 0. The van der Waals surface area contributed by atoms with Crippen LogP contribution in [0.25, 0.3) is 0 Å². The van der Waals surface area contributed by atoms with Gasteiger partial charge in [0.1, 0.15) is 5.75 Å². The first kappa shape index (κ1) is 20.1. The number of unbranched alkanes of at least 4 members (excludes halogenated alkanes) is 2. The minimum absolute atomic E-state index is 0.673. The van der Waals surface area contributed by atoms with Crippen LogP contribution in [0.1, 0.15) is 96.0 Å². The molecule has 2 unspecified atom stereocenters. The van der Waals surface area contributed by atoms with Gasteiger partial charge in [-0.3, -0.25) is 0 Å². The van der Waals surface area contributed by atoms with Crippen molar-refractivity contribution in [2.75, 3.05) is 7.11 Å². The summed E-state index contributed by atoms with van der Waals surface area (Å²) in [5.74, 6) is 2.46. The van der Waals surface area contributed by atoms with E-state index in [9.17, 15) is 0 Å². The maximum absolute atomic E-state index is 5.37. The predicted octanol–water partition coefficient (Wildman–Crippen LogP) is 7.67. The van der Waals surface area contributed by atoms with Crippen molar-refractivity contribution in [3.8, 4) is 5.75 Å². The first-order valence-electron chi connectivity index (χ1n) is 10.6. The summed E-state index contributed by atoms with van der Waals surface area (Å²) in [7, 11) is 1.75. The Kier molecular flexibility index (Phi) is 9.15. The lowest BCUT2D eigenvalue weighted by Crippen LogP contribution is -2.15. The van der Waals surface area contributed by atoms with Crippen molar-refractivity contribution in [1.82, 2.24) is 0 Å². The van der Waals surface area contributed by atoms with E-state index < -0.39 is 0 Å². The van der Waals surface area contributed by atoms with Crippen LogP contribution in [-0.2, 0) is 0 Å². The molecular weight excluding hydrogens is 304 g/mol. The Hall–Kier alpha value is -1.24. The molecule has 0 heterocycles. The Balaban J connectivity index is 2.19. The van der Waals surface area contributed by atoms with E-state index in [1.807, 2.05) is 0 Å². The molecule has 0 fully saturated rings. The van der Waals surface area contributed by atoms with Crippen molar-refractivity contribution in [3.05, 3.63) is 41.5 Å². The van der Waals surface area contributed by atoms with Gasteiger partial charge in [-0.2, -0.15) is 0 Å². The monoisotopic (exact) mass is 342 g/mol. The smallest absolute Gasteiger partial charge is 0.118 e. The number of benzene rings is 1. The SMILES string of the molecule is CCCCCC(CCC)C(CC1=CCCCC1)c1ccc(OC)cc1. The second-order valence-corrected chi connectivity index (χ2v) is 7.74. The van der Waals surface area contributed by atoms with Crippen LogP contribution in [0.4, 0.5) is 0 Å². The number of rotatable bonds is 11. The summed E-state index contributed by atoms with van der Waals surface area (Å²) in [6, 6.07) is 8.92. The first-order valence-corrected chi connectivity index (χ1v) is 10.6. The van der Waals surface area contributed by atoms with E-state index in [0.29, 0.717) is 5.92 Å². The lowest BCUT2D eigenvalue weighted by atomic mass is 9.75. The Labute approximate surface area is 155 Å². The summed E-state index contributed by atoms with van der Waals surface area (Å²) in [6.45, 7) is 4.65. The standard InChI is InChI=1S/C24H38O/c1-4-6-8-14-21(11-5-2)24(19-20-12-9-7-10-13-20)22-15-17-23(25-3)18-16-22/h12,15-18,21,24H,4-11,13-14,19H2,1-3H3. The maximum atomic E-state index is 5.37. The van der Waals surface area contributed by atoms with Gasteiger partial charge in [-0.25, -0.2) is 0 Å². The summed E-state index contributed by atoms with van der Waals surface area (Å²) in [5.41, 5.74) is 3.23. The fourth-order valence-corrected chi connectivity index (χ4v) is 4.35. The van der Waals surface area contributed by atoms with Gasteiger partial charge in [0.2, 0.25) is 0 Å². The lowest BCUT2D eigenvalue weighted by Gasteiger charge is -2.30. The molecule has 140 valence electrons.